The van der Waals surface area contributed by atoms with Gasteiger partial charge in [-0.25, -0.2) is 4.79 Å². The van der Waals surface area contributed by atoms with Gasteiger partial charge in [-0.1, -0.05) is 47.6 Å². The summed E-state index contributed by atoms with van der Waals surface area (Å²) in [6, 6.07) is 17.1. The number of aryl methyl sites for hydroxylation is 1. The van der Waals surface area contributed by atoms with Crippen LogP contribution in [0.2, 0.25) is 0 Å². The Morgan fingerprint density at radius 1 is 1.09 bits per heavy atom. The van der Waals surface area contributed by atoms with E-state index in [1.165, 1.54) is 13.0 Å². The monoisotopic (exact) mass is 467 g/mol. The first kappa shape index (κ1) is 23.0. The largest absolute Gasteiger partial charge is 0.476 e. The predicted octanol–water partition coefficient (Wildman–Crippen LogP) is 6.28. The average Bonchev–Trinajstić information content (AvgIpc) is 3.20. The molecule has 0 aliphatic rings. The number of halogens is 3. The quantitative estimate of drug-likeness (QED) is 0.257. The molecule has 0 unspecified atom stereocenters. The second kappa shape index (κ2) is 9.01. The normalized spacial score (nSPS) is 12.2. The summed E-state index contributed by atoms with van der Waals surface area (Å²) in [6.45, 7) is 3.08. The Hall–Kier alpha value is -4.14. The van der Waals surface area contributed by atoms with E-state index in [2.05, 4.69) is 15.7 Å². The number of hydrogen-bond acceptors (Lipinski definition) is 5. The van der Waals surface area contributed by atoms with Gasteiger partial charge in [0.25, 0.3) is 0 Å². The summed E-state index contributed by atoms with van der Waals surface area (Å²) in [6.07, 6.45) is -4.24. The second-order valence-corrected chi connectivity index (χ2v) is 7.89. The van der Waals surface area contributed by atoms with E-state index in [-0.39, 0.29) is 34.8 Å². The predicted molar refractivity (Wildman–Crippen MR) is 122 cm³/mol. The van der Waals surface area contributed by atoms with Gasteiger partial charge in [-0.05, 0) is 53.9 Å². The van der Waals surface area contributed by atoms with Crippen molar-refractivity contribution in [3.05, 3.63) is 94.4 Å². The summed E-state index contributed by atoms with van der Waals surface area (Å²) >= 11 is 0. The van der Waals surface area contributed by atoms with Crippen LogP contribution in [0.25, 0.3) is 10.8 Å². The number of nitrogens with one attached hydrogen (secondary N) is 1. The lowest BCUT2D eigenvalue weighted by Crippen LogP contribution is -2.10. The fourth-order valence-electron chi connectivity index (χ4n) is 3.71. The Morgan fingerprint density at radius 2 is 1.82 bits per heavy atom. The van der Waals surface area contributed by atoms with Crippen LogP contribution in [0.4, 0.5) is 18.9 Å². The van der Waals surface area contributed by atoms with Crippen LogP contribution in [-0.4, -0.2) is 21.9 Å². The number of alkyl halides is 3. The summed E-state index contributed by atoms with van der Waals surface area (Å²) in [5.74, 6) is -1.01. The molecule has 0 aliphatic heterocycles. The van der Waals surface area contributed by atoms with Crippen LogP contribution in [0, 0.1) is 6.92 Å². The molecule has 4 aromatic rings. The zero-order chi connectivity index (χ0) is 24.5. The van der Waals surface area contributed by atoms with Gasteiger partial charge in [0.05, 0.1) is 22.5 Å². The number of aromatic carboxylic acids is 1. The second-order valence-electron chi connectivity index (χ2n) is 7.89. The van der Waals surface area contributed by atoms with Gasteiger partial charge in [0.2, 0.25) is 5.69 Å². The summed E-state index contributed by atoms with van der Waals surface area (Å²) in [5.41, 5.74) is 3.25. The number of carboxylic acids is 1. The van der Waals surface area contributed by atoms with Crippen LogP contribution in [-0.2, 0) is 12.6 Å². The van der Waals surface area contributed by atoms with E-state index >= 15 is 0 Å². The number of benzene rings is 3. The molecule has 0 amide bonds. The Bertz CT molecular complexity index is 1410. The molecular formula is C25H20F3N3O3. The van der Waals surface area contributed by atoms with E-state index in [1.807, 2.05) is 42.5 Å². The lowest BCUT2D eigenvalue weighted by atomic mass is 10.0. The van der Waals surface area contributed by atoms with E-state index in [0.717, 1.165) is 28.5 Å². The van der Waals surface area contributed by atoms with Crippen molar-refractivity contribution in [3.63, 3.8) is 0 Å². The first-order valence-electron chi connectivity index (χ1n) is 10.3. The van der Waals surface area contributed by atoms with Crippen molar-refractivity contribution < 1.29 is 27.6 Å². The first-order chi connectivity index (χ1) is 16.1. The third kappa shape index (κ3) is 4.93. The number of carboxylic acid groups (broad SMARTS) is 1. The number of hydrazone groups is 1. The molecule has 1 heterocycles. The van der Waals surface area contributed by atoms with E-state index in [4.69, 9.17) is 4.52 Å². The van der Waals surface area contributed by atoms with Crippen molar-refractivity contribution in [1.82, 2.24) is 5.16 Å². The molecule has 0 saturated carbocycles. The van der Waals surface area contributed by atoms with Crippen LogP contribution in [0.3, 0.4) is 0 Å². The van der Waals surface area contributed by atoms with Gasteiger partial charge in [-0.3, -0.25) is 5.43 Å². The van der Waals surface area contributed by atoms with Crippen molar-refractivity contribution >= 4 is 28.1 Å². The van der Waals surface area contributed by atoms with Crippen molar-refractivity contribution in [1.29, 1.82) is 0 Å². The van der Waals surface area contributed by atoms with Crippen molar-refractivity contribution in [2.24, 2.45) is 5.10 Å². The van der Waals surface area contributed by atoms with Gasteiger partial charge in [0, 0.05) is 6.42 Å². The summed E-state index contributed by atoms with van der Waals surface area (Å²) < 4.78 is 44.7. The highest BCUT2D eigenvalue weighted by Gasteiger charge is 2.31. The zero-order valence-electron chi connectivity index (χ0n) is 18.3. The number of aromatic nitrogens is 1. The van der Waals surface area contributed by atoms with Gasteiger partial charge in [-0.15, -0.1) is 0 Å². The maximum atomic E-state index is 13.1. The third-order valence-corrected chi connectivity index (χ3v) is 5.26. The molecule has 34 heavy (non-hydrogen) atoms. The number of anilines is 1. The van der Waals surface area contributed by atoms with E-state index in [1.54, 1.807) is 6.92 Å². The van der Waals surface area contributed by atoms with Gasteiger partial charge in [0.15, 0.2) is 5.76 Å². The minimum atomic E-state index is -4.50. The highest BCUT2D eigenvalue weighted by Crippen LogP contribution is 2.32. The fraction of sp³-hybridized carbons (Fsp3) is 0.160. The number of hydrogen-bond donors (Lipinski definition) is 2. The smallest absolute Gasteiger partial charge is 0.416 e. The van der Waals surface area contributed by atoms with E-state index in [0.29, 0.717) is 5.56 Å². The van der Waals surface area contributed by atoms with Crippen LogP contribution in [0.1, 0.15) is 45.4 Å². The molecular weight excluding hydrogens is 447 g/mol. The molecule has 0 spiro atoms. The van der Waals surface area contributed by atoms with Gasteiger partial charge in [0.1, 0.15) is 0 Å². The minimum absolute atomic E-state index is 0.121. The molecule has 4 rings (SSSR count). The molecule has 6 nitrogen and oxygen atoms in total. The highest BCUT2D eigenvalue weighted by atomic mass is 19.4. The lowest BCUT2D eigenvalue weighted by molar-refractivity contribution is -0.137. The fourth-order valence-corrected chi connectivity index (χ4v) is 3.71. The number of carbonyl (C=O) groups is 1. The standard InChI is InChI=1S/C25H20F3N3O3/c1-14-9-19(25(26,27)28)13-20(10-14)30-29-15(2)22-21(34-31-23(22)24(32)33)12-16-7-8-17-5-3-4-6-18(17)11-16/h3-11,13,30H,12H2,1-2H3,(H,32,33)/b29-15+. The van der Waals surface area contributed by atoms with Gasteiger partial charge < -0.3 is 9.63 Å². The minimum Gasteiger partial charge on any atom is -0.476 e. The molecule has 9 heteroatoms. The maximum absolute atomic E-state index is 13.1. The van der Waals surface area contributed by atoms with E-state index < -0.39 is 17.7 Å². The van der Waals surface area contributed by atoms with Crippen molar-refractivity contribution in [3.8, 4) is 0 Å². The summed E-state index contributed by atoms with van der Waals surface area (Å²) in [5, 5.41) is 19.5. The van der Waals surface area contributed by atoms with Crippen molar-refractivity contribution in [2.45, 2.75) is 26.4 Å². The molecule has 0 saturated heterocycles. The summed E-state index contributed by atoms with van der Waals surface area (Å²) in [7, 11) is 0. The van der Waals surface area contributed by atoms with Crippen LogP contribution in [0.5, 0.6) is 0 Å². The highest BCUT2D eigenvalue weighted by molar-refractivity contribution is 6.07. The van der Waals surface area contributed by atoms with Crippen molar-refractivity contribution in [2.75, 3.05) is 5.43 Å². The average molecular weight is 467 g/mol. The molecule has 0 bridgehead atoms. The van der Waals surface area contributed by atoms with Gasteiger partial charge in [-0.2, -0.15) is 18.3 Å². The Morgan fingerprint density at radius 3 is 2.53 bits per heavy atom. The number of nitrogens with zero attached hydrogens (tertiary/aromatic N) is 2. The molecule has 0 radical (unpaired) electrons. The van der Waals surface area contributed by atoms with Gasteiger partial charge >= 0.3 is 12.1 Å². The third-order valence-electron chi connectivity index (χ3n) is 5.26. The molecule has 174 valence electrons. The Kier molecular flexibility index (Phi) is 6.10. The van der Waals surface area contributed by atoms with Crippen LogP contribution < -0.4 is 5.43 Å². The maximum Gasteiger partial charge on any atom is 0.416 e. The molecule has 0 atom stereocenters. The lowest BCUT2D eigenvalue weighted by Gasteiger charge is -2.11. The first-order valence-corrected chi connectivity index (χ1v) is 10.3. The Balaban J connectivity index is 1.66. The molecule has 0 aliphatic carbocycles. The molecule has 0 fully saturated rings. The number of fused-ring (bicyclic) bond motifs is 1. The molecule has 3 aromatic carbocycles. The van der Waals surface area contributed by atoms with E-state index in [9.17, 15) is 23.1 Å². The summed E-state index contributed by atoms with van der Waals surface area (Å²) in [4.78, 5) is 11.7. The topological polar surface area (TPSA) is 87.7 Å². The number of rotatable bonds is 6. The molecule has 1 aromatic heterocycles. The zero-order valence-corrected chi connectivity index (χ0v) is 18.3. The Labute approximate surface area is 192 Å². The SMILES string of the molecule is C/C(=N\Nc1cc(C)cc(C(F)(F)F)c1)c1c(C(=O)O)noc1Cc1ccc2ccccc2c1. The van der Waals surface area contributed by atoms with Crippen LogP contribution >= 0.6 is 0 Å². The van der Waals surface area contributed by atoms with Crippen LogP contribution in [0.15, 0.2) is 70.3 Å². The molecule has 2 N–H and O–H groups in total.